The summed E-state index contributed by atoms with van der Waals surface area (Å²) in [7, 11) is 1.62. The Hall–Kier alpha value is -4.58. The molecule has 182 valence electrons. The van der Waals surface area contributed by atoms with E-state index in [1.54, 1.807) is 13.3 Å². The molecule has 4 aromatic rings. The van der Waals surface area contributed by atoms with Crippen molar-refractivity contribution >= 4 is 23.5 Å². The van der Waals surface area contributed by atoms with Gasteiger partial charge in [-0.2, -0.15) is 0 Å². The minimum atomic E-state index is -0.214. The van der Waals surface area contributed by atoms with Crippen LogP contribution in [0.4, 0.5) is 11.4 Å². The zero-order valence-corrected chi connectivity index (χ0v) is 20.5. The van der Waals surface area contributed by atoms with Crippen molar-refractivity contribution in [1.82, 2.24) is 0 Å². The number of rotatable bonds is 9. The Balaban J connectivity index is 1.31. The number of amides is 1. The second kappa shape index (κ2) is 11.7. The lowest BCUT2D eigenvalue weighted by Gasteiger charge is -2.09. The maximum atomic E-state index is 12.3. The quantitative estimate of drug-likeness (QED) is 0.265. The van der Waals surface area contributed by atoms with Gasteiger partial charge in [-0.15, -0.1) is 0 Å². The number of carbonyl (C=O) groups excluding carboxylic acids is 1. The molecule has 0 saturated carbocycles. The number of hydrogen-bond acceptors (Lipinski definition) is 5. The highest BCUT2D eigenvalue weighted by atomic mass is 16.5. The number of aryl methyl sites for hydroxylation is 2. The van der Waals surface area contributed by atoms with Crippen LogP contribution in [0, 0.1) is 13.8 Å². The van der Waals surface area contributed by atoms with Crippen molar-refractivity contribution in [3.05, 3.63) is 108 Å². The van der Waals surface area contributed by atoms with Gasteiger partial charge in [0.2, 0.25) is 0 Å². The van der Waals surface area contributed by atoms with E-state index >= 15 is 0 Å². The zero-order valence-electron chi connectivity index (χ0n) is 20.5. The SMILES string of the molecule is COc1cccc(Oc2ccc(N=Cc3cccc(OCC(=O)Nc4ccc(C)c(C)c4)c3)cc2)c1. The summed E-state index contributed by atoms with van der Waals surface area (Å²) >= 11 is 0. The molecule has 1 N–H and O–H groups in total. The first kappa shape index (κ1) is 24.5. The molecule has 6 heteroatoms. The van der Waals surface area contributed by atoms with Crippen LogP contribution >= 0.6 is 0 Å². The summed E-state index contributed by atoms with van der Waals surface area (Å²) < 4.78 is 16.8. The lowest BCUT2D eigenvalue weighted by atomic mass is 10.1. The van der Waals surface area contributed by atoms with Crippen molar-refractivity contribution in [2.45, 2.75) is 13.8 Å². The van der Waals surface area contributed by atoms with E-state index in [0.29, 0.717) is 17.2 Å². The predicted octanol–water partition coefficient (Wildman–Crippen LogP) is 6.87. The summed E-state index contributed by atoms with van der Waals surface area (Å²) in [6.45, 7) is 3.97. The fourth-order valence-corrected chi connectivity index (χ4v) is 3.40. The Morgan fingerprint density at radius 2 is 1.56 bits per heavy atom. The predicted molar refractivity (Wildman–Crippen MR) is 143 cm³/mol. The van der Waals surface area contributed by atoms with Crippen molar-refractivity contribution in [3.63, 3.8) is 0 Å². The highest BCUT2D eigenvalue weighted by molar-refractivity contribution is 5.92. The van der Waals surface area contributed by atoms with Crippen LogP contribution < -0.4 is 19.5 Å². The first-order valence-corrected chi connectivity index (χ1v) is 11.5. The average molecular weight is 481 g/mol. The van der Waals surface area contributed by atoms with Crippen LogP contribution in [-0.4, -0.2) is 25.8 Å². The number of carbonyl (C=O) groups is 1. The van der Waals surface area contributed by atoms with E-state index in [1.165, 1.54) is 5.56 Å². The summed E-state index contributed by atoms with van der Waals surface area (Å²) in [6.07, 6.45) is 1.75. The normalized spacial score (nSPS) is 10.8. The smallest absolute Gasteiger partial charge is 0.262 e. The number of nitrogens with one attached hydrogen (secondary N) is 1. The second-order valence-electron chi connectivity index (χ2n) is 8.24. The summed E-state index contributed by atoms with van der Waals surface area (Å²) in [6, 6.07) is 28.2. The largest absolute Gasteiger partial charge is 0.497 e. The molecule has 0 radical (unpaired) electrons. The van der Waals surface area contributed by atoms with Gasteiger partial charge >= 0.3 is 0 Å². The van der Waals surface area contributed by atoms with Crippen LogP contribution in [0.1, 0.15) is 16.7 Å². The van der Waals surface area contributed by atoms with Crippen LogP contribution in [0.25, 0.3) is 0 Å². The molecule has 0 heterocycles. The van der Waals surface area contributed by atoms with Gasteiger partial charge in [0.1, 0.15) is 23.0 Å². The fourth-order valence-electron chi connectivity index (χ4n) is 3.40. The van der Waals surface area contributed by atoms with E-state index in [9.17, 15) is 4.79 Å². The van der Waals surface area contributed by atoms with E-state index in [-0.39, 0.29) is 12.5 Å². The van der Waals surface area contributed by atoms with Crippen molar-refractivity contribution in [2.75, 3.05) is 19.0 Å². The third-order valence-corrected chi connectivity index (χ3v) is 5.50. The maximum absolute atomic E-state index is 12.3. The first-order chi connectivity index (χ1) is 17.5. The minimum Gasteiger partial charge on any atom is -0.497 e. The summed E-state index contributed by atoms with van der Waals surface area (Å²) in [4.78, 5) is 16.8. The number of anilines is 1. The molecule has 0 aliphatic carbocycles. The van der Waals surface area contributed by atoms with Crippen molar-refractivity contribution in [3.8, 4) is 23.0 Å². The van der Waals surface area contributed by atoms with E-state index in [4.69, 9.17) is 14.2 Å². The van der Waals surface area contributed by atoms with Gasteiger partial charge in [-0.3, -0.25) is 9.79 Å². The topological polar surface area (TPSA) is 69.1 Å². The van der Waals surface area contributed by atoms with Gasteiger partial charge in [0.15, 0.2) is 6.61 Å². The Labute approximate surface area is 211 Å². The Morgan fingerprint density at radius 1 is 0.806 bits per heavy atom. The molecule has 4 aromatic carbocycles. The molecule has 0 unspecified atom stereocenters. The molecule has 0 aliphatic rings. The van der Waals surface area contributed by atoms with E-state index in [1.807, 2.05) is 105 Å². The minimum absolute atomic E-state index is 0.0811. The van der Waals surface area contributed by atoms with Crippen LogP contribution in [0.2, 0.25) is 0 Å². The number of ether oxygens (including phenoxy) is 3. The number of nitrogens with zero attached hydrogens (tertiary/aromatic N) is 1. The first-order valence-electron chi connectivity index (χ1n) is 11.5. The maximum Gasteiger partial charge on any atom is 0.262 e. The molecule has 0 saturated heterocycles. The fraction of sp³-hybridized carbons (Fsp3) is 0.133. The number of methoxy groups -OCH3 is 1. The van der Waals surface area contributed by atoms with Crippen molar-refractivity contribution in [2.24, 2.45) is 4.99 Å². The van der Waals surface area contributed by atoms with Gasteiger partial charge in [0, 0.05) is 18.0 Å². The average Bonchev–Trinajstić information content (AvgIpc) is 2.89. The molecule has 0 aromatic heterocycles. The lowest BCUT2D eigenvalue weighted by molar-refractivity contribution is -0.118. The molecular weight excluding hydrogens is 452 g/mol. The van der Waals surface area contributed by atoms with Crippen molar-refractivity contribution < 1.29 is 19.0 Å². The number of benzene rings is 4. The molecule has 1 amide bonds. The second-order valence-corrected chi connectivity index (χ2v) is 8.24. The molecule has 6 nitrogen and oxygen atoms in total. The van der Waals surface area contributed by atoms with E-state index < -0.39 is 0 Å². The third kappa shape index (κ3) is 6.96. The van der Waals surface area contributed by atoms with Crippen LogP contribution in [0.15, 0.2) is 96.0 Å². The monoisotopic (exact) mass is 480 g/mol. The molecule has 36 heavy (non-hydrogen) atoms. The number of aliphatic imine (C=N–C) groups is 1. The molecule has 0 fully saturated rings. The molecule has 0 atom stereocenters. The zero-order chi connectivity index (χ0) is 25.3. The Kier molecular flexibility index (Phi) is 7.98. The third-order valence-electron chi connectivity index (χ3n) is 5.50. The van der Waals surface area contributed by atoms with Gasteiger partial charge < -0.3 is 19.5 Å². The Bertz CT molecular complexity index is 1360. The lowest BCUT2D eigenvalue weighted by Crippen LogP contribution is -2.20. The van der Waals surface area contributed by atoms with Crippen LogP contribution in [0.3, 0.4) is 0 Å². The summed E-state index contributed by atoms with van der Waals surface area (Å²) in [5.74, 6) is 2.52. The van der Waals surface area contributed by atoms with Crippen molar-refractivity contribution in [1.29, 1.82) is 0 Å². The summed E-state index contributed by atoms with van der Waals surface area (Å²) in [5, 5.41) is 2.86. The number of hydrogen-bond donors (Lipinski definition) is 1. The van der Waals surface area contributed by atoms with Gasteiger partial charge in [-0.05, 0) is 91.2 Å². The highest BCUT2D eigenvalue weighted by Gasteiger charge is 2.05. The van der Waals surface area contributed by atoms with Gasteiger partial charge in [0.05, 0.1) is 12.8 Å². The Morgan fingerprint density at radius 3 is 2.33 bits per heavy atom. The summed E-state index contributed by atoms with van der Waals surface area (Å²) in [5.41, 5.74) is 4.71. The molecule has 0 aliphatic heterocycles. The standard InChI is InChI=1S/C30H28N2O4/c1-21-10-11-25(16-22(21)2)32-30(33)20-35-28-8-4-6-23(17-28)19-31-24-12-14-26(15-13-24)36-29-9-5-7-27(18-29)34-3/h4-19H,20H2,1-3H3,(H,32,33). The molecule has 4 rings (SSSR count). The van der Waals surface area contributed by atoms with Crippen LogP contribution in [-0.2, 0) is 4.79 Å². The van der Waals surface area contributed by atoms with Gasteiger partial charge in [-0.25, -0.2) is 0 Å². The van der Waals surface area contributed by atoms with Gasteiger partial charge in [0.25, 0.3) is 5.91 Å². The van der Waals surface area contributed by atoms with E-state index in [0.717, 1.165) is 28.3 Å². The molecular formula is C30H28N2O4. The highest BCUT2D eigenvalue weighted by Crippen LogP contribution is 2.27. The van der Waals surface area contributed by atoms with Crippen LogP contribution in [0.5, 0.6) is 23.0 Å². The molecule has 0 spiro atoms. The van der Waals surface area contributed by atoms with Gasteiger partial charge in [-0.1, -0.05) is 24.3 Å². The van der Waals surface area contributed by atoms with E-state index in [2.05, 4.69) is 10.3 Å². The molecule has 0 bridgehead atoms.